The van der Waals surface area contributed by atoms with Crippen molar-refractivity contribution < 1.29 is 18.7 Å². The molecule has 0 unspecified atom stereocenters. The lowest BCUT2D eigenvalue weighted by atomic mass is 10.2. The summed E-state index contributed by atoms with van der Waals surface area (Å²) < 4.78 is 24.7. The average Bonchev–Trinajstić information content (AvgIpc) is 2.63. The molecule has 0 bridgehead atoms. The molecular weight excluding hydrogens is 341 g/mol. The summed E-state index contributed by atoms with van der Waals surface area (Å²) in [5.41, 5.74) is 0.336. The van der Waals surface area contributed by atoms with Gasteiger partial charge in [0, 0.05) is 11.8 Å². The minimum absolute atomic E-state index is 0.257. The van der Waals surface area contributed by atoms with E-state index in [0.29, 0.717) is 28.1 Å². The highest BCUT2D eigenvalue weighted by atomic mass is 19.1. The monoisotopic (exact) mass is 357 g/mol. The number of ether oxygens (including phenoxy) is 2. The zero-order valence-corrected chi connectivity index (χ0v) is 14.2. The second-order valence-corrected chi connectivity index (χ2v) is 5.46. The molecule has 0 spiro atoms. The van der Waals surface area contributed by atoms with E-state index in [-0.39, 0.29) is 6.54 Å². The van der Waals surface area contributed by atoms with E-state index in [1.54, 1.807) is 12.1 Å². The maximum atomic E-state index is 13.2. The second-order valence-electron chi connectivity index (χ2n) is 5.46. The molecule has 1 aromatic heterocycles. The van der Waals surface area contributed by atoms with Crippen molar-refractivity contribution >= 4 is 22.5 Å². The molecule has 0 aliphatic rings. The minimum atomic E-state index is -0.473. The van der Waals surface area contributed by atoms with E-state index in [9.17, 15) is 14.0 Å². The predicted molar refractivity (Wildman–Crippen MR) is 94.1 cm³/mol. The molecule has 3 rings (SSSR count). The molecule has 0 aliphatic carbocycles. The Bertz CT molecular complexity index is 1030. The van der Waals surface area contributed by atoms with Gasteiger partial charge < -0.3 is 14.8 Å². The first-order valence-corrected chi connectivity index (χ1v) is 7.68. The number of hydrogen-bond acceptors (Lipinski definition) is 5. The van der Waals surface area contributed by atoms with Crippen molar-refractivity contribution in [3.8, 4) is 11.5 Å². The molecular formula is C18H16FN3O4. The van der Waals surface area contributed by atoms with Crippen LogP contribution in [-0.4, -0.2) is 29.7 Å². The van der Waals surface area contributed by atoms with E-state index in [1.807, 2.05) is 0 Å². The van der Waals surface area contributed by atoms with Gasteiger partial charge in [0.05, 0.1) is 31.4 Å². The molecule has 3 aromatic rings. The minimum Gasteiger partial charge on any atom is -0.493 e. The number of nitrogens with one attached hydrogen (secondary N) is 1. The smallest absolute Gasteiger partial charge is 0.261 e. The van der Waals surface area contributed by atoms with E-state index < -0.39 is 17.3 Å². The van der Waals surface area contributed by atoms with Gasteiger partial charge in [-0.15, -0.1) is 0 Å². The quantitative estimate of drug-likeness (QED) is 0.757. The highest BCUT2D eigenvalue weighted by Crippen LogP contribution is 2.29. The van der Waals surface area contributed by atoms with Crippen molar-refractivity contribution in [2.75, 3.05) is 19.5 Å². The van der Waals surface area contributed by atoms with Gasteiger partial charge >= 0.3 is 0 Å². The zero-order chi connectivity index (χ0) is 18.7. The van der Waals surface area contributed by atoms with E-state index >= 15 is 0 Å². The number of benzene rings is 2. The van der Waals surface area contributed by atoms with E-state index in [2.05, 4.69) is 10.3 Å². The molecule has 0 atom stereocenters. The molecule has 1 N–H and O–H groups in total. The fourth-order valence-corrected chi connectivity index (χ4v) is 2.52. The summed E-state index contributed by atoms with van der Waals surface area (Å²) in [6.45, 7) is -0.257. The first kappa shape index (κ1) is 17.4. The molecule has 0 aliphatic heterocycles. The molecule has 1 amide bonds. The fourth-order valence-electron chi connectivity index (χ4n) is 2.52. The van der Waals surface area contributed by atoms with Crippen LogP contribution in [0.25, 0.3) is 10.9 Å². The van der Waals surface area contributed by atoms with Crippen LogP contribution in [0.1, 0.15) is 0 Å². The Hall–Kier alpha value is -3.42. The van der Waals surface area contributed by atoms with Crippen LogP contribution in [0, 0.1) is 5.82 Å². The lowest BCUT2D eigenvalue weighted by Gasteiger charge is -2.11. The second kappa shape index (κ2) is 7.22. The third kappa shape index (κ3) is 3.49. The van der Waals surface area contributed by atoms with E-state index in [1.165, 1.54) is 49.4 Å². The number of nitrogens with zero attached hydrogens (tertiary/aromatic N) is 2. The molecule has 7 nitrogen and oxygen atoms in total. The standard InChI is InChI=1S/C18H16FN3O4/c1-25-15-7-13-14(8-16(15)26-2)20-10-22(18(13)24)9-17(23)21-12-5-3-4-11(19)6-12/h3-8,10H,9H2,1-2H3,(H,21,23). The Balaban J connectivity index is 1.89. The van der Waals surface area contributed by atoms with Crippen LogP contribution in [0.4, 0.5) is 10.1 Å². The van der Waals surface area contributed by atoms with Gasteiger partial charge in [-0.25, -0.2) is 9.37 Å². The molecule has 0 saturated carbocycles. The SMILES string of the molecule is COc1cc2ncn(CC(=O)Nc3cccc(F)c3)c(=O)c2cc1OC. The lowest BCUT2D eigenvalue weighted by Crippen LogP contribution is -2.28. The molecule has 0 saturated heterocycles. The molecule has 1 heterocycles. The van der Waals surface area contributed by atoms with Crippen molar-refractivity contribution in [3.05, 3.63) is 58.9 Å². The number of fused-ring (bicyclic) bond motifs is 1. The highest BCUT2D eigenvalue weighted by molar-refractivity contribution is 5.90. The van der Waals surface area contributed by atoms with Crippen LogP contribution in [0.5, 0.6) is 11.5 Å². The van der Waals surface area contributed by atoms with Gasteiger partial charge in [0.15, 0.2) is 11.5 Å². The van der Waals surface area contributed by atoms with E-state index in [0.717, 1.165) is 0 Å². The number of carbonyl (C=O) groups is 1. The summed E-state index contributed by atoms with van der Waals surface area (Å²) in [5, 5.41) is 2.83. The Morgan fingerprint density at radius 3 is 2.62 bits per heavy atom. The van der Waals surface area contributed by atoms with Crippen LogP contribution in [0.2, 0.25) is 0 Å². The summed E-state index contributed by atoms with van der Waals surface area (Å²) in [4.78, 5) is 29.0. The van der Waals surface area contributed by atoms with Gasteiger partial charge in [0.1, 0.15) is 12.4 Å². The van der Waals surface area contributed by atoms with Gasteiger partial charge in [-0.05, 0) is 24.3 Å². The van der Waals surface area contributed by atoms with Crippen LogP contribution in [-0.2, 0) is 11.3 Å². The molecule has 134 valence electrons. The number of hydrogen-bond donors (Lipinski definition) is 1. The Kier molecular flexibility index (Phi) is 4.83. The molecule has 8 heteroatoms. The predicted octanol–water partition coefficient (Wildman–Crippen LogP) is 2.19. The first-order valence-electron chi connectivity index (χ1n) is 7.68. The number of rotatable bonds is 5. The van der Waals surface area contributed by atoms with Gasteiger partial charge in [0.25, 0.3) is 5.56 Å². The van der Waals surface area contributed by atoms with Crippen molar-refractivity contribution in [1.82, 2.24) is 9.55 Å². The van der Waals surface area contributed by atoms with Crippen molar-refractivity contribution in [3.63, 3.8) is 0 Å². The van der Waals surface area contributed by atoms with Gasteiger partial charge in [-0.1, -0.05) is 6.07 Å². The van der Waals surface area contributed by atoms with Gasteiger partial charge in [0.2, 0.25) is 5.91 Å². The van der Waals surface area contributed by atoms with Crippen LogP contribution >= 0.6 is 0 Å². The fraction of sp³-hybridized carbons (Fsp3) is 0.167. The van der Waals surface area contributed by atoms with Gasteiger partial charge in [-0.2, -0.15) is 0 Å². The highest BCUT2D eigenvalue weighted by Gasteiger charge is 2.13. The van der Waals surface area contributed by atoms with Crippen molar-refractivity contribution in [1.29, 1.82) is 0 Å². The Labute approximate surface area is 148 Å². The van der Waals surface area contributed by atoms with Crippen LogP contribution in [0.3, 0.4) is 0 Å². The maximum Gasteiger partial charge on any atom is 0.261 e. The summed E-state index contributed by atoms with van der Waals surface area (Å²) in [6.07, 6.45) is 1.28. The number of aromatic nitrogens is 2. The molecule has 26 heavy (non-hydrogen) atoms. The number of halogens is 1. The van der Waals surface area contributed by atoms with Crippen LogP contribution in [0.15, 0.2) is 47.5 Å². The summed E-state index contributed by atoms with van der Waals surface area (Å²) in [7, 11) is 2.95. The van der Waals surface area contributed by atoms with Crippen LogP contribution < -0.4 is 20.3 Å². The first-order chi connectivity index (χ1) is 12.5. The molecule has 0 radical (unpaired) electrons. The summed E-state index contributed by atoms with van der Waals surface area (Å²) >= 11 is 0. The van der Waals surface area contributed by atoms with Crippen molar-refractivity contribution in [2.24, 2.45) is 0 Å². The number of anilines is 1. The topological polar surface area (TPSA) is 82.5 Å². The third-order valence-electron chi connectivity index (χ3n) is 3.75. The third-order valence-corrected chi connectivity index (χ3v) is 3.75. The molecule has 2 aromatic carbocycles. The van der Waals surface area contributed by atoms with E-state index in [4.69, 9.17) is 9.47 Å². The Morgan fingerprint density at radius 2 is 1.92 bits per heavy atom. The maximum absolute atomic E-state index is 13.2. The normalized spacial score (nSPS) is 10.6. The summed E-state index contributed by atoms with van der Waals surface area (Å²) in [6, 6.07) is 8.61. The summed E-state index contributed by atoms with van der Waals surface area (Å²) in [5.74, 6) is -0.0953. The average molecular weight is 357 g/mol. The molecule has 0 fully saturated rings. The largest absolute Gasteiger partial charge is 0.493 e. The number of amides is 1. The Morgan fingerprint density at radius 1 is 1.19 bits per heavy atom. The number of carbonyl (C=O) groups excluding carboxylic acids is 1. The zero-order valence-electron chi connectivity index (χ0n) is 14.2. The lowest BCUT2D eigenvalue weighted by molar-refractivity contribution is -0.116. The van der Waals surface area contributed by atoms with Crippen molar-refractivity contribution in [2.45, 2.75) is 6.54 Å². The van der Waals surface area contributed by atoms with Gasteiger partial charge in [-0.3, -0.25) is 14.2 Å². The number of methoxy groups -OCH3 is 2.